The Morgan fingerprint density at radius 3 is 2.44 bits per heavy atom. The van der Waals surface area contributed by atoms with Gasteiger partial charge in [0.2, 0.25) is 5.91 Å². The maximum absolute atomic E-state index is 12.8. The molecule has 0 unspecified atom stereocenters. The van der Waals surface area contributed by atoms with Gasteiger partial charge in [-0.2, -0.15) is 0 Å². The van der Waals surface area contributed by atoms with E-state index in [2.05, 4.69) is 4.72 Å². The van der Waals surface area contributed by atoms with Gasteiger partial charge >= 0.3 is 0 Å². The van der Waals surface area contributed by atoms with Crippen molar-refractivity contribution in [1.82, 2.24) is 0 Å². The maximum Gasteiger partial charge on any atom is 0.261 e. The van der Waals surface area contributed by atoms with Crippen LogP contribution in [-0.2, 0) is 27.8 Å². The Kier molecular flexibility index (Phi) is 6.46. The van der Waals surface area contributed by atoms with Crippen molar-refractivity contribution in [3.8, 4) is 5.75 Å². The predicted molar refractivity (Wildman–Crippen MR) is 125 cm³/mol. The van der Waals surface area contributed by atoms with Crippen molar-refractivity contribution in [3.63, 3.8) is 0 Å². The smallest absolute Gasteiger partial charge is 0.261 e. The van der Waals surface area contributed by atoms with Crippen LogP contribution in [-0.4, -0.2) is 20.9 Å². The lowest BCUT2D eigenvalue weighted by molar-refractivity contribution is -0.119. The molecule has 7 heteroatoms. The molecule has 1 N–H and O–H groups in total. The van der Waals surface area contributed by atoms with Gasteiger partial charge in [-0.3, -0.25) is 9.52 Å². The zero-order chi connectivity index (χ0) is 22.6. The van der Waals surface area contributed by atoms with Crippen LogP contribution in [0.15, 0.2) is 77.7 Å². The summed E-state index contributed by atoms with van der Waals surface area (Å²) < 4.78 is 33.8. The molecule has 0 spiro atoms. The number of anilines is 2. The Hall–Kier alpha value is -3.32. The summed E-state index contributed by atoms with van der Waals surface area (Å²) >= 11 is 0. The lowest BCUT2D eigenvalue weighted by Gasteiger charge is -2.30. The van der Waals surface area contributed by atoms with E-state index in [1.807, 2.05) is 49.4 Å². The highest BCUT2D eigenvalue weighted by molar-refractivity contribution is 7.92. The van der Waals surface area contributed by atoms with Gasteiger partial charge in [0.1, 0.15) is 5.75 Å². The first-order valence-corrected chi connectivity index (χ1v) is 12.2. The molecule has 1 aliphatic heterocycles. The molecule has 1 heterocycles. The van der Waals surface area contributed by atoms with Crippen molar-refractivity contribution in [2.75, 3.05) is 16.2 Å². The molecule has 1 aliphatic rings. The predicted octanol–water partition coefficient (Wildman–Crippen LogP) is 4.76. The SMILES string of the molecule is CCCOc1ccc(S(=O)(=O)Nc2ccc3c(c2)CCC(=O)N3Cc2ccccc2)cc1. The second-order valence-electron chi connectivity index (χ2n) is 7.73. The molecule has 32 heavy (non-hydrogen) atoms. The number of nitrogens with zero attached hydrogens (tertiary/aromatic N) is 1. The summed E-state index contributed by atoms with van der Waals surface area (Å²) in [6, 6.07) is 21.5. The van der Waals surface area contributed by atoms with Crippen molar-refractivity contribution in [2.45, 2.75) is 37.6 Å². The van der Waals surface area contributed by atoms with Crippen molar-refractivity contribution in [2.24, 2.45) is 0 Å². The molecule has 0 aromatic heterocycles. The summed E-state index contributed by atoms with van der Waals surface area (Å²) in [4.78, 5) is 14.5. The number of sulfonamides is 1. The van der Waals surface area contributed by atoms with Gasteiger partial charge in [0.25, 0.3) is 10.0 Å². The summed E-state index contributed by atoms with van der Waals surface area (Å²) in [5, 5.41) is 0. The Bertz CT molecular complexity index is 1190. The minimum atomic E-state index is -3.74. The first-order chi connectivity index (χ1) is 15.5. The van der Waals surface area contributed by atoms with E-state index in [1.165, 1.54) is 12.1 Å². The van der Waals surface area contributed by atoms with Gasteiger partial charge in [-0.15, -0.1) is 0 Å². The highest BCUT2D eigenvalue weighted by Crippen LogP contribution is 2.32. The summed E-state index contributed by atoms with van der Waals surface area (Å²) in [5.41, 5.74) is 3.29. The largest absolute Gasteiger partial charge is 0.494 e. The number of carbonyl (C=O) groups is 1. The number of benzene rings is 3. The quantitative estimate of drug-likeness (QED) is 0.537. The van der Waals surface area contributed by atoms with Gasteiger partial charge in [-0.25, -0.2) is 8.42 Å². The fraction of sp³-hybridized carbons (Fsp3) is 0.240. The van der Waals surface area contributed by atoms with Crippen LogP contribution in [0.2, 0.25) is 0 Å². The summed E-state index contributed by atoms with van der Waals surface area (Å²) in [7, 11) is -3.74. The molecule has 0 saturated carbocycles. The molecular formula is C25H26N2O4S. The zero-order valence-electron chi connectivity index (χ0n) is 18.0. The van der Waals surface area contributed by atoms with E-state index < -0.39 is 10.0 Å². The number of rotatable bonds is 8. The molecule has 0 fully saturated rings. The van der Waals surface area contributed by atoms with E-state index in [9.17, 15) is 13.2 Å². The minimum Gasteiger partial charge on any atom is -0.494 e. The van der Waals surface area contributed by atoms with Gasteiger partial charge in [0.15, 0.2) is 0 Å². The van der Waals surface area contributed by atoms with E-state index in [0.29, 0.717) is 37.4 Å². The Morgan fingerprint density at radius 1 is 0.969 bits per heavy atom. The normalized spacial score (nSPS) is 13.5. The molecule has 0 bridgehead atoms. The number of fused-ring (bicyclic) bond motifs is 1. The van der Waals surface area contributed by atoms with E-state index in [4.69, 9.17) is 4.74 Å². The number of nitrogens with one attached hydrogen (secondary N) is 1. The number of amides is 1. The van der Waals surface area contributed by atoms with Crippen molar-refractivity contribution >= 4 is 27.3 Å². The topological polar surface area (TPSA) is 75.7 Å². The minimum absolute atomic E-state index is 0.0695. The van der Waals surface area contributed by atoms with Crippen molar-refractivity contribution < 1.29 is 17.9 Å². The number of ether oxygens (including phenoxy) is 1. The number of hydrogen-bond acceptors (Lipinski definition) is 4. The van der Waals surface area contributed by atoms with Gasteiger partial charge in [-0.1, -0.05) is 37.3 Å². The molecule has 4 rings (SSSR count). The molecular weight excluding hydrogens is 424 g/mol. The van der Waals surface area contributed by atoms with Crippen molar-refractivity contribution in [1.29, 1.82) is 0 Å². The van der Waals surface area contributed by atoms with Crippen LogP contribution < -0.4 is 14.4 Å². The highest BCUT2D eigenvalue weighted by Gasteiger charge is 2.25. The first-order valence-electron chi connectivity index (χ1n) is 10.7. The average molecular weight is 451 g/mol. The summed E-state index contributed by atoms with van der Waals surface area (Å²) in [6.07, 6.45) is 1.86. The fourth-order valence-corrected chi connectivity index (χ4v) is 4.76. The molecule has 166 valence electrons. The number of hydrogen-bond donors (Lipinski definition) is 1. The van der Waals surface area contributed by atoms with Gasteiger partial charge in [0.05, 0.1) is 18.0 Å². The second kappa shape index (κ2) is 9.44. The van der Waals surface area contributed by atoms with Crippen LogP contribution in [0.1, 0.15) is 30.9 Å². The monoisotopic (exact) mass is 450 g/mol. The molecule has 3 aromatic rings. The zero-order valence-corrected chi connectivity index (χ0v) is 18.8. The van der Waals surface area contributed by atoms with E-state index >= 15 is 0 Å². The molecule has 0 saturated heterocycles. The third kappa shape index (κ3) is 4.94. The number of carbonyl (C=O) groups excluding carboxylic acids is 1. The van der Waals surface area contributed by atoms with Gasteiger partial charge < -0.3 is 9.64 Å². The second-order valence-corrected chi connectivity index (χ2v) is 9.42. The summed E-state index contributed by atoms with van der Waals surface area (Å²) in [5.74, 6) is 0.711. The molecule has 0 radical (unpaired) electrons. The van der Waals surface area contributed by atoms with E-state index in [-0.39, 0.29) is 10.8 Å². The third-order valence-corrected chi connectivity index (χ3v) is 6.72. The van der Waals surface area contributed by atoms with Crippen LogP contribution in [0, 0.1) is 0 Å². The third-order valence-electron chi connectivity index (χ3n) is 5.32. The molecule has 6 nitrogen and oxygen atoms in total. The maximum atomic E-state index is 12.8. The fourth-order valence-electron chi connectivity index (χ4n) is 3.71. The molecule has 0 atom stereocenters. The van der Waals surface area contributed by atoms with Crippen molar-refractivity contribution in [3.05, 3.63) is 83.9 Å². The van der Waals surface area contributed by atoms with Crippen LogP contribution in [0.25, 0.3) is 0 Å². The molecule has 1 amide bonds. The van der Waals surface area contributed by atoms with Crippen LogP contribution in [0.4, 0.5) is 11.4 Å². The van der Waals surface area contributed by atoms with Gasteiger partial charge in [0, 0.05) is 17.8 Å². The lowest BCUT2D eigenvalue weighted by atomic mass is 10.00. The molecule has 0 aliphatic carbocycles. The summed E-state index contributed by atoms with van der Waals surface area (Å²) in [6.45, 7) is 3.09. The highest BCUT2D eigenvalue weighted by atomic mass is 32.2. The van der Waals surface area contributed by atoms with Crippen LogP contribution in [0.5, 0.6) is 5.75 Å². The van der Waals surface area contributed by atoms with Crippen LogP contribution in [0.3, 0.4) is 0 Å². The van der Waals surface area contributed by atoms with E-state index in [1.54, 1.807) is 23.1 Å². The first kappa shape index (κ1) is 21.9. The standard InChI is InChI=1S/C25H26N2O4S/c1-2-16-31-22-10-12-23(13-11-22)32(29,30)26-21-9-14-24-20(17-21)8-15-25(28)27(24)18-19-6-4-3-5-7-19/h3-7,9-14,17,26H,2,8,15-16,18H2,1H3. The lowest BCUT2D eigenvalue weighted by Crippen LogP contribution is -2.34. The Labute approximate surface area is 188 Å². The van der Waals surface area contributed by atoms with Crippen LogP contribution >= 0.6 is 0 Å². The van der Waals surface area contributed by atoms with Gasteiger partial charge in [-0.05, 0) is 66.4 Å². The Balaban J connectivity index is 1.53. The Morgan fingerprint density at radius 2 is 1.72 bits per heavy atom. The van der Waals surface area contributed by atoms with E-state index in [0.717, 1.165) is 23.2 Å². The molecule has 3 aromatic carbocycles. The number of aryl methyl sites for hydroxylation is 1. The average Bonchev–Trinajstić information content (AvgIpc) is 2.80.